The fourth-order valence-electron chi connectivity index (χ4n) is 1.64. The van der Waals surface area contributed by atoms with Crippen LogP contribution in [0.15, 0.2) is 48.7 Å². The number of anilines is 1. The molecule has 0 unspecified atom stereocenters. The molecule has 1 aromatic carbocycles. The lowest BCUT2D eigenvalue weighted by molar-refractivity contribution is 0.342. The number of aromatic nitrogens is 1. The van der Waals surface area contributed by atoms with Gasteiger partial charge in [-0.15, -0.1) is 0 Å². The van der Waals surface area contributed by atoms with Crippen LogP contribution in [0, 0.1) is 0 Å². The summed E-state index contributed by atoms with van der Waals surface area (Å²) < 4.78 is 30.3. The fourth-order valence-corrected chi connectivity index (χ4v) is 2.45. The highest BCUT2D eigenvalue weighted by Crippen LogP contribution is 2.26. The molecule has 0 aliphatic carbocycles. The summed E-state index contributed by atoms with van der Waals surface area (Å²) >= 11 is 0. The van der Waals surface area contributed by atoms with E-state index in [0.717, 1.165) is 0 Å². The molecule has 0 aliphatic heterocycles. The smallest absolute Gasteiger partial charge is 0.260 e. The molecule has 0 bridgehead atoms. The average Bonchev–Trinajstić information content (AvgIpc) is 2.40. The van der Waals surface area contributed by atoms with E-state index in [9.17, 15) is 8.42 Å². The van der Waals surface area contributed by atoms with Crippen molar-refractivity contribution < 1.29 is 12.6 Å². The van der Waals surface area contributed by atoms with Gasteiger partial charge in [0, 0.05) is 11.8 Å². The number of nitrogens with zero attached hydrogens (tertiary/aromatic N) is 1. The Hall–Kier alpha value is -1.92. The van der Waals surface area contributed by atoms with Gasteiger partial charge in [-0.05, 0) is 25.1 Å². The molecular formula is C13H14N2O3S. The fraction of sp³-hybridized carbons (Fsp3) is 0.154. The third-order valence-corrected chi connectivity index (χ3v) is 3.39. The summed E-state index contributed by atoms with van der Waals surface area (Å²) in [6.45, 7) is 1.70. The van der Waals surface area contributed by atoms with E-state index in [4.69, 9.17) is 0 Å². The van der Waals surface area contributed by atoms with Crippen LogP contribution in [0.1, 0.15) is 6.92 Å². The molecule has 0 radical (unpaired) electrons. The highest BCUT2D eigenvalue weighted by Gasteiger charge is 2.13. The first kappa shape index (κ1) is 13.5. The lowest BCUT2D eigenvalue weighted by Crippen LogP contribution is -2.16. The second kappa shape index (κ2) is 5.81. The SMILES string of the molecule is CCOS(=O)(=O)Nc1ccccc1-c1ccccn1. The van der Waals surface area contributed by atoms with Crippen molar-refractivity contribution in [2.45, 2.75) is 6.92 Å². The highest BCUT2D eigenvalue weighted by molar-refractivity contribution is 7.88. The summed E-state index contributed by atoms with van der Waals surface area (Å²) in [7, 11) is -3.79. The van der Waals surface area contributed by atoms with E-state index in [-0.39, 0.29) is 6.61 Å². The molecule has 2 aromatic rings. The van der Waals surface area contributed by atoms with Crippen LogP contribution in [0.5, 0.6) is 0 Å². The molecule has 1 aromatic heterocycles. The topological polar surface area (TPSA) is 68.3 Å². The van der Waals surface area contributed by atoms with E-state index in [1.165, 1.54) is 0 Å². The van der Waals surface area contributed by atoms with Gasteiger partial charge in [0.15, 0.2) is 0 Å². The highest BCUT2D eigenvalue weighted by atomic mass is 32.2. The van der Waals surface area contributed by atoms with Crippen molar-refractivity contribution in [2.24, 2.45) is 0 Å². The van der Waals surface area contributed by atoms with Crippen molar-refractivity contribution >= 4 is 16.0 Å². The largest absolute Gasteiger partial charge is 0.360 e. The van der Waals surface area contributed by atoms with Crippen LogP contribution in [0.4, 0.5) is 5.69 Å². The molecule has 0 atom stereocenters. The Morgan fingerprint density at radius 1 is 1.16 bits per heavy atom. The standard InChI is InChI=1S/C13H14N2O3S/c1-2-18-19(16,17)15-13-9-4-3-7-11(13)12-8-5-6-10-14-12/h3-10,15H,2H2,1H3. The number of para-hydroxylation sites is 1. The van der Waals surface area contributed by atoms with Crippen molar-refractivity contribution in [1.82, 2.24) is 4.98 Å². The Balaban J connectivity index is 2.38. The number of hydrogen-bond acceptors (Lipinski definition) is 4. The molecule has 6 heteroatoms. The van der Waals surface area contributed by atoms with Gasteiger partial charge in [-0.2, -0.15) is 8.42 Å². The molecule has 19 heavy (non-hydrogen) atoms. The Bertz CT molecular complexity index is 642. The maximum absolute atomic E-state index is 11.6. The van der Waals surface area contributed by atoms with Crippen LogP contribution in [0.3, 0.4) is 0 Å². The van der Waals surface area contributed by atoms with Crippen molar-refractivity contribution in [3.05, 3.63) is 48.7 Å². The van der Waals surface area contributed by atoms with Gasteiger partial charge in [-0.25, -0.2) is 0 Å². The summed E-state index contributed by atoms with van der Waals surface area (Å²) in [5, 5.41) is 0. The summed E-state index contributed by atoms with van der Waals surface area (Å²) in [6, 6.07) is 12.5. The first-order valence-electron chi connectivity index (χ1n) is 5.80. The van der Waals surface area contributed by atoms with Crippen LogP contribution in [0.25, 0.3) is 11.3 Å². The maximum Gasteiger partial charge on any atom is 0.360 e. The van der Waals surface area contributed by atoms with Gasteiger partial charge in [0.2, 0.25) is 0 Å². The number of pyridine rings is 1. The first-order valence-corrected chi connectivity index (χ1v) is 7.21. The normalized spacial score (nSPS) is 11.2. The second-order valence-electron chi connectivity index (χ2n) is 3.72. The minimum Gasteiger partial charge on any atom is -0.260 e. The zero-order valence-corrected chi connectivity index (χ0v) is 11.2. The number of benzene rings is 1. The number of hydrogen-bond donors (Lipinski definition) is 1. The van der Waals surface area contributed by atoms with Gasteiger partial charge >= 0.3 is 10.3 Å². The molecular weight excluding hydrogens is 264 g/mol. The molecule has 0 aliphatic rings. The van der Waals surface area contributed by atoms with Gasteiger partial charge in [-0.1, -0.05) is 24.3 Å². The van der Waals surface area contributed by atoms with Gasteiger partial charge in [0.1, 0.15) is 0 Å². The molecule has 0 spiro atoms. The van der Waals surface area contributed by atoms with E-state index >= 15 is 0 Å². The zero-order chi connectivity index (χ0) is 13.7. The average molecular weight is 278 g/mol. The Morgan fingerprint density at radius 2 is 1.89 bits per heavy atom. The minimum atomic E-state index is -3.79. The minimum absolute atomic E-state index is 0.0844. The van der Waals surface area contributed by atoms with Crippen LogP contribution in [-0.2, 0) is 14.5 Å². The number of rotatable bonds is 5. The zero-order valence-electron chi connectivity index (χ0n) is 10.4. The monoisotopic (exact) mass is 278 g/mol. The second-order valence-corrected chi connectivity index (χ2v) is 5.07. The molecule has 0 amide bonds. The van der Waals surface area contributed by atoms with E-state index in [2.05, 4.69) is 13.9 Å². The van der Waals surface area contributed by atoms with E-state index in [0.29, 0.717) is 16.9 Å². The van der Waals surface area contributed by atoms with E-state index < -0.39 is 10.3 Å². The molecule has 2 rings (SSSR count). The predicted molar refractivity (Wildman–Crippen MR) is 73.8 cm³/mol. The molecule has 5 nitrogen and oxygen atoms in total. The number of nitrogens with one attached hydrogen (secondary N) is 1. The van der Waals surface area contributed by atoms with E-state index in [1.807, 2.05) is 18.2 Å². The van der Waals surface area contributed by atoms with Crippen molar-refractivity contribution in [3.63, 3.8) is 0 Å². The third-order valence-electron chi connectivity index (χ3n) is 2.38. The van der Waals surface area contributed by atoms with Crippen LogP contribution < -0.4 is 4.72 Å². The lowest BCUT2D eigenvalue weighted by Gasteiger charge is -2.11. The van der Waals surface area contributed by atoms with Crippen molar-refractivity contribution in [3.8, 4) is 11.3 Å². The Kier molecular flexibility index (Phi) is 4.13. The van der Waals surface area contributed by atoms with Crippen molar-refractivity contribution in [2.75, 3.05) is 11.3 Å². The van der Waals surface area contributed by atoms with Crippen LogP contribution in [0.2, 0.25) is 0 Å². The van der Waals surface area contributed by atoms with Gasteiger partial charge in [-0.3, -0.25) is 13.9 Å². The summed E-state index contributed by atoms with van der Waals surface area (Å²) in [5.74, 6) is 0. The molecule has 100 valence electrons. The van der Waals surface area contributed by atoms with Crippen molar-refractivity contribution in [1.29, 1.82) is 0 Å². The van der Waals surface area contributed by atoms with Crippen LogP contribution in [-0.4, -0.2) is 20.0 Å². The van der Waals surface area contributed by atoms with Crippen LogP contribution >= 0.6 is 0 Å². The molecule has 1 N–H and O–H groups in total. The molecule has 0 fully saturated rings. The lowest BCUT2D eigenvalue weighted by atomic mass is 10.1. The maximum atomic E-state index is 11.6. The van der Waals surface area contributed by atoms with E-state index in [1.54, 1.807) is 37.4 Å². The molecule has 0 saturated heterocycles. The Morgan fingerprint density at radius 3 is 2.58 bits per heavy atom. The third kappa shape index (κ3) is 3.52. The summed E-state index contributed by atoms with van der Waals surface area (Å²) in [4.78, 5) is 4.21. The summed E-state index contributed by atoms with van der Waals surface area (Å²) in [5.41, 5.74) is 1.83. The molecule has 1 heterocycles. The Labute approximate surface area is 112 Å². The first-order chi connectivity index (χ1) is 9.12. The quantitative estimate of drug-likeness (QED) is 0.912. The predicted octanol–water partition coefficient (Wildman–Crippen LogP) is 2.44. The van der Waals surface area contributed by atoms with Gasteiger partial charge in [0.25, 0.3) is 0 Å². The van der Waals surface area contributed by atoms with Gasteiger partial charge in [0.05, 0.1) is 18.0 Å². The molecule has 0 saturated carbocycles. The summed E-state index contributed by atoms with van der Waals surface area (Å²) in [6.07, 6.45) is 1.66. The van der Waals surface area contributed by atoms with Gasteiger partial charge < -0.3 is 0 Å².